The molecule has 2 saturated heterocycles. The molecule has 0 bridgehead atoms. The van der Waals surface area contributed by atoms with Crippen molar-refractivity contribution in [2.75, 3.05) is 26.2 Å². The summed E-state index contributed by atoms with van der Waals surface area (Å²) >= 11 is 0. The Morgan fingerprint density at radius 3 is 1.92 bits per heavy atom. The quantitative estimate of drug-likeness (QED) is 0.332. The van der Waals surface area contributed by atoms with E-state index in [4.69, 9.17) is 4.74 Å². The largest absolute Gasteiger partial charge is 0.445 e. The maximum Gasteiger partial charge on any atom is 0.410 e. The highest BCUT2D eigenvalue weighted by Gasteiger charge is 2.58. The molecule has 0 unspecified atom stereocenters. The van der Waals surface area contributed by atoms with Gasteiger partial charge in [0.05, 0.1) is 6.04 Å². The summed E-state index contributed by atoms with van der Waals surface area (Å²) in [6.45, 7) is 5.75. The van der Waals surface area contributed by atoms with Crippen LogP contribution < -0.4 is 15.9 Å². The van der Waals surface area contributed by atoms with Crippen molar-refractivity contribution in [3.05, 3.63) is 104 Å². The summed E-state index contributed by atoms with van der Waals surface area (Å²) in [6.07, 6.45) is 3.86. The van der Waals surface area contributed by atoms with Gasteiger partial charge in [0.25, 0.3) is 5.91 Å². The maximum atomic E-state index is 14.3. The van der Waals surface area contributed by atoms with Crippen LogP contribution in [0.15, 0.2) is 104 Å². The fraction of sp³-hybridized carbons (Fsp3) is 0.290. The first-order valence-electron chi connectivity index (χ1n) is 13.0. The molecule has 2 fully saturated rings. The van der Waals surface area contributed by atoms with Crippen LogP contribution in [-0.2, 0) is 9.53 Å². The van der Waals surface area contributed by atoms with Gasteiger partial charge in [-0.05, 0) is 49.2 Å². The minimum Gasteiger partial charge on any atom is -0.445 e. The van der Waals surface area contributed by atoms with Crippen LogP contribution in [0, 0.1) is 0 Å². The maximum absolute atomic E-state index is 14.3. The second kappa shape index (κ2) is 11.3. The van der Waals surface area contributed by atoms with Gasteiger partial charge in [0, 0.05) is 26.1 Å². The van der Waals surface area contributed by atoms with Crippen LogP contribution in [0.5, 0.6) is 0 Å². The average molecular weight is 514 g/mol. The van der Waals surface area contributed by atoms with E-state index in [9.17, 15) is 9.59 Å². The fourth-order valence-electron chi connectivity index (χ4n) is 5.97. The molecule has 0 saturated carbocycles. The summed E-state index contributed by atoms with van der Waals surface area (Å²) in [5.41, 5.74) is -0.151. The lowest BCUT2D eigenvalue weighted by atomic mass is 10.2. The summed E-state index contributed by atoms with van der Waals surface area (Å²) in [5, 5.41) is 3.68. The van der Waals surface area contributed by atoms with Crippen molar-refractivity contribution >= 4 is 35.2 Å². The first-order valence-corrected chi connectivity index (χ1v) is 14.9. The number of hydrogen-bond acceptors (Lipinski definition) is 3. The summed E-state index contributed by atoms with van der Waals surface area (Å²) in [5.74, 6) is 0.191. The molecule has 0 spiro atoms. The van der Waals surface area contributed by atoms with Gasteiger partial charge < -0.3 is 14.5 Å². The monoisotopic (exact) mass is 513 g/mol. The van der Waals surface area contributed by atoms with E-state index in [0.717, 1.165) is 19.3 Å². The standard InChI is InChI=1S/C31H34N2O3P/c1-2-23-36-31(35)33-21-12-13-25(33)24-32-22-20-29(30(32)34)37(26-14-6-3-7-15-26,27-16-8-4-9-17-27)28-18-10-5-11-19-28/h2-11,14-19,25,29H,1,12-13,20-24H2/q+1/t25-,29-/m0/s1. The first kappa shape index (κ1) is 25.2. The summed E-state index contributed by atoms with van der Waals surface area (Å²) < 4.78 is 5.32. The van der Waals surface area contributed by atoms with Crippen LogP contribution >= 0.6 is 7.26 Å². The van der Waals surface area contributed by atoms with Gasteiger partial charge in [0.15, 0.2) is 5.66 Å². The average Bonchev–Trinajstić information content (AvgIpc) is 3.57. The number of amides is 2. The highest BCUT2D eigenvalue weighted by Crippen LogP contribution is 2.62. The Hall–Kier alpha value is -3.43. The van der Waals surface area contributed by atoms with E-state index in [1.165, 1.54) is 15.9 Å². The van der Waals surface area contributed by atoms with Crippen molar-refractivity contribution < 1.29 is 14.3 Å². The zero-order valence-electron chi connectivity index (χ0n) is 21.1. The number of nitrogens with zero attached hydrogens (tertiary/aromatic N) is 2. The van der Waals surface area contributed by atoms with Gasteiger partial charge in [0.2, 0.25) is 0 Å². The van der Waals surface area contributed by atoms with E-state index < -0.39 is 7.26 Å². The SMILES string of the molecule is C=CCOC(=O)N1CCC[C@H]1CN1CC[C@H]([P+](c2ccccc2)(c2ccccc2)c2ccccc2)C1=O. The lowest BCUT2D eigenvalue weighted by Crippen LogP contribution is -2.46. The predicted molar refractivity (Wildman–Crippen MR) is 151 cm³/mol. The van der Waals surface area contributed by atoms with Crippen molar-refractivity contribution in [1.82, 2.24) is 9.80 Å². The van der Waals surface area contributed by atoms with Gasteiger partial charge in [-0.2, -0.15) is 0 Å². The number of hydrogen-bond donors (Lipinski definition) is 0. The number of carbonyl (C=O) groups excluding carboxylic acids is 2. The van der Waals surface area contributed by atoms with Crippen LogP contribution in [0.25, 0.3) is 0 Å². The zero-order chi connectivity index (χ0) is 25.7. The van der Waals surface area contributed by atoms with Gasteiger partial charge in [-0.1, -0.05) is 67.3 Å². The van der Waals surface area contributed by atoms with Crippen LogP contribution in [-0.4, -0.2) is 59.7 Å². The van der Waals surface area contributed by atoms with Crippen molar-refractivity contribution in [3.63, 3.8) is 0 Å². The molecule has 2 heterocycles. The molecule has 3 aromatic carbocycles. The Kier molecular flexibility index (Phi) is 7.71. The van der Waals surface area contributed by atoms with E-state index in [1.54, 1.807) is 11.0 Å². The molecule has 0 radical (unpaired) electrons. The van der Waals surface area contributed by atoms with Gasteiger partial charge in [-0.25, -0.2) is 4.79 Å². The normalized spacial score (nSPS) is 19.7. The van der Waals surface area contributed by atoms with Crippen molar-refractivity contribution in [2.24, 2.45) is 0 Å². The van der Waals surface area contributed by atoms with Crippen molar-refractivity contribution in [2.45, 2.75) is 31.0 Å². The molecular weight excluding hydrogens is 479 g/mol. The second-order valence-electron chi connectivity index (χ2n) is 9.67. The predicted octanol–water partition coefficient (Wildman–Crippen LogP) is 4.37. The molecule has 0 aromatic heterocycles. The van der Waals surface area contributed by atoms with Crippen LogP contribution in [0.4, 0.5) is 4.79 Å². The fourth-order valence-corrected chi connectivity index (χ4v) is 10.9. The Bertz CT molecular complexity index is 1120. The van der Waals surface area contributed by atoms with Crippen molar-refractivity contribution in [1.29, 1.82) is 0 Å². The van der Waals surface area contributed by atoms with E-state index in [-0.39, 0.29) is 30.3 Å². The topological polar surface area (TPSA) is 49.9 Å². The van der Waals surface area contributed by atoms with E-state index in [0.29, 0.717) is 19.6 Å². The van der Waals surface area contributed by atoms with Gasteiger partial charge in [-0.3, -0.25) is 4.79 Å². The Labute approximate surface area is 220 Å². The Balaban J connectivity index is 1.51. The molecule has 5 rings (SSSR count). The number of ether oxygens (including phenoxy) is 1. The minimum absolute atomic E-state index is 0.0158. The molecule has 37 heavy (non-hydrogen) atoms. The molecule has 0 aliphatic carbocycles. The van der Waals surface area contributed by atoms with E-state index >= 15 is 0 Å². The first-order chi connectivity index (χ1) is 18.2. The summed E-state index contributed by atoms with van der Waals surface area (Å²) in [7, 11) is -2.30. The van der Waals surface area contributed by atoms with Crippen molar-refractivity contribution in [3.8, 4) is 0 Å². The molecule has 2 atom stereocenters. The molecule has 3 aromatic rings. The lowest BCUT2D eigenvalue weighted by molar-refractivity contribution is -0.127. The van der Waals surface area contributed by atoms with Gasteiger partial charge in [-0.15, -0.1) is 0 Å². The van der Waals surface area contributed by atoms with E-state index in [1.807, 2.05) is 23.1 Å². The third kappa shape index (κ3) is 4.81. The third-order valence-corrected chi connectivity index (χ3v) is 12.3. The van der Waals surface area contributed by atoms with Gasteiger partial charge in [0.1, 0.15) is 29.8 Å². The number of likely N-dealkylation sites (tertiary alicyclic amines) is 2. The van der Waals surface area contributed by atoms with E-state index in [2.05, 4.69) is 79.4 Å². The highest BCUT2D eigenvalue weighted by atomic mass is 31.2. The summed E-state index contributed by atoms with van der Waals surface area (Å²) in [4.78, 5) is 30.7. The molecule has 190 valence electrons. The molecular formula is C31H34N2O3P+. The number of rotatable bonds is 8. The second-order valence-corrected chi connectivity index (χ2v) is 13.3. The van der Waals surface area contributed by atoms with Gasteiger partial charge >= 0.3 is 6.09 Å². The van der Waals surface area contributed by atoms with Crippen LogP contribution in [0.2, 0.25) is 0 Å². The number of benzene rings is 3. The molecule has 2 aliphatic rings. The zero-order valence-corrected chi connectivity index (χ0v) is 22.0. The molecule has 6 heteroatoms. The molecule has 2 aliphatic heterocycles. The molecule has 5 nitrogen and oxygen atoms in total. The minimum atomic E-state index is -2.30. The summed E-state index contributed by atoms with van der Waals surface area (Å²) in [6, 6.07) is 31.7. The number of carbonyl (C=O) groups is 2. The smallest absolute Gasteiger partial charge is 0.410 e. The Morgan fingerprint density at radius 1 is 0.865 bits per heavy atom. The Morgan fingerprint density at radius 2 is 1.41 bits per heavy atom. The third-order valence-electron chi connectivity index (χ3n) is 7.59. The molecule has 0 N–H and O–H groups in total. The lowest BCUT2D eigenvalue weighted by Gasteiger charge is -2.32. The van der Waals surface area contributed by atoms with Crippen LogP contribution in [0.1, 0.15) is 19.3 Å². The highest BCUT2D eigenvalue weighted by molar-refractivity contribution is 7.96. The molecule has 2 amide bonds. The van der Waals surface area contributed by atoms with Crippen LogP contribution in [0.3, 0.4) is 0 Å².